The van der Waals surface area contributed by atoms with Gasteiger partial charge in [-0.15, -0.1) is 0 Å². The number of amides is 2. The minimum atomic E-state index is -0.0836. The normalized spacial score (nSPS) is 16.0. The predicted molar refractivity (Wildman–Crippen MR) is 114 cm³/mol. The molecule has 150 valence electrons. The van der Waals surface area contributed by atoms with Gasteiger partial charge in [0.25, 0.3) is 5.56 Å². The smallest absolute Gasteiger partial charge is 0.321 e. The molecule has 0 radical (unpaired) electrons. The molecule has 7 nitrogen and oxygen atoms in total. The minimum absolute atomic E-state index is 0.0170. The van der Waals surface area contributed by atoms with Gasteiger partial charge in [-0.05, 0) is 31.2 Å². The molecule has 1 saturated heterocycles. The highest BCUT2D eigenvalue weighted by Gasteiger charge is 2.27. The number of fused-ring (bicyclic) bond motifs is 1. The van der Waals surface area contributed by atoms with E-state index in [4.69, 9.17) is 4.98 Å². The summed E-state index contributed by atoms with van der Waals surface area (Å²) in [6, 6.07) is 16.8. The molecular formula is C22H25N5O2. The van der Waals surface area contributed by atoms with E-state index in [-0.39, 0.29) is 17.6 Å². The number of para-hydroxylation sites is 2. The predicted octanol–water partition coefficient (Wildman–Crippen LogP) is 2.84. The number of anilines is 1. The van der Waals surface area contributed by atoms with Crippen molar-refractivity contribution in [2.75, 3.05) is 31.5 Å². The van der Waals surface area contributed by atoms with Crippen molar-refractivity contribution in [2.45, 2.75) is 13.0 Å². The van der Waals surface area contributed by atoms with Gasteiger partial charge < -0.3 is 10.2 Å². The van der Waals surface area contributed by atoms with Gasteiger partial charge in [0.05, 0.1) is 16.9 Å². The summed E-state index contributed by atoms with van der Waals surface area (Å²) in [6.07, 6.45) is 0. The topological polar surface area (TPSA) is 70.5 Å². The summed E-state index contributed by atoms with van der Waals surface area (Å²) < 4.78 is 1.64. The van der Waals surface area contributed by atoms with Crippen LogP contribution in [0.5, 0.6) is 0 Å². The standard InChI is InChI=1S/C22H25N5O2/c1-16(20-24-19-11-7-6-10-18(19)21(28)25(20)2)26-12-14-27(15-13-26)22(29)23-17-8-4-3-5-9-17/h3-11,16H,12-15H2,1-2H3,(H,23,29). The number of aromatic nitrogens is 2. The van der Waals surface area contributed by atoms with Crippen molar-refractivity contribution in [1.29, 1.82) is 0 Å². The molecule has 0 bridgehead atoms. The molecule has 3 aromatic rings. The van der Waals surface area contributed by atoms with Gasteiger partial charge in [0.1, 0.15) is 5.82 Å². The largest absolute Gasteiger partial charge is 0.322 e. The average Bonchev–Trinajstić information content (AvgIpc) is 2.76. The van der Waals surface area contributed by atoms with Gasteiger partial charge in [0, 0.05) is 38.9 Å². The van der Waals surface area contributed by atoms with Gasteiger partial charge in [-0.25, -0.2) is 9.78 Å². The average molecular weight is 391 g/mol. The van der Waals surface area contributed by atoms with Gasteiger partial charge in [-0.3, -0.25) is 14.3 Å². The van der Waals surface area contributed by atoms with Crippen LogP contribution in [-0.4, -0.2) is 51.6 Å². The fourth-order valence-electron chi connectivity index (χ4n) is 3.81. The number of hydrogen-bond donors (Lipinski definition) is 1. The molecule has 2 amide bonds. The van der Waals surface area contributed by atoms with E-state index in [1.807, 2.05) is 59.5 Å². The van der Waals surface area contributed by atoms with E-state index >= 15 is 0 Å². The van der Waals surface area contributed by atoms with Crippen molar-refractivity contribution >= 4 is 22.6 Å². The Morgan fingerprint density at radius 2 is 1.66 bits per heavy atom. The lowest BCUT2D eigenvalue weighted by molar-refractivity contribution is 0.114. The molecule has 1 aliphatic heterocycles. The lowest BCUT2D eigenvalue weighted by atomic mass is 10.2. The monoisotopic (exact) mass is 391 g/mol. The summed E-state index contributed by atoms with van der Waals surface area (Å²) >= 11 is 0. The lowest BCUT2D eigenvalue weighted by Gasteiger charge is -2.38. The number of nitrogens with zero attached hydrogens (tertiary/aromatic N) is 4. The molecule has 0 spiro atoms. The second-order valence-corrected chi connectivity index (χ2v) is 7.35. The molecule has 1 N–H and O–H groups in total. The molecule has 7 heteroatoms. The van der Waals surface area contributed by atoms with Crippen LogP contribution >= 0.6 is 0 Å². The Balaban J connectivity index is 1.45. The van der Waals surface area contributed by atoms with Crippen LogP contribution in [0, 0.1) is 0 Å². The number of rotatable bonds is 3. The summed E-state index contributed by atoms with van der Waals surface area (Å²) in [6.45, 7) is 4.78. The van der Waals surface area contributed by atoms with Gasteiger partial charge in [0.2, 0.25) is 0 Å². The fraction of sp³-hybridized carbons (Fsp3) is 0.318. The Morgan fingerprint density at radius 1 is 1.00 bits per heavy atom. The van der Waals surface area contributed by atoms with Crippen molar-refractivity contribution < 1.29 is 4.79 Å². The van der Waals surface area contributed by atoms with E-state index in [1.54, 1.807) is 11.6 Å². The van der Waals surface area contributed by atoms with E-state index in [9.17, 15) is 9.59 Å². The highest BCUT2D eigenvalue weighted by Crippen LogP contribution is 2.21. The number of nitrogens with one attached hydrogen (secondary N) is 1. The Kier molecular flexibility index (Phi) is 5.31. The van der Waals surface area contributed by atoms with Gasteiger partial charge >= 0.3 is 6.03 Å². The first kappa shape index (κ1) is 19.1. The zero-order valence-electron chi connectivity index (χ0n) is 16.7. The second-order valence-electron chi connectivity index (χ2n) is 7.35. The molecule has 1 unspecified atom stereocenters. The first-order valence-electron chi connectivity index (χ1n) is 9.85. The highest BCUT2D eigenvalue weighted by molar-refractivity contribution is 5.89. The van der Waals surface area contributed by atoms with Crippen LogP contribution in [0.3, 0.4) is 0 Å². The molecule has 4 rings (SSSR count). The molecule has 2 aromatic carbocycles. The number of carbonyl (C=O) groups is 1. The Labute approximate surface area is 169 Å². The molecule has 0 aliphatic carbocycles. The maximum Gasteiger partial charge on any atom is 0.321 e. The highest BCUT2D eigenvalue weighted by atomic mass is 16.2. The van der Waals surface area contributed by atoms with Crippen LogP contribution in [0.25, 0.3) is 10.9 Å². The Morgan fingerprint density at radius 3 is 2.38 bits per heavy atom. The van der Waals surface area contributed by atoms with Crippen molar-refractivity contribution in [1.82, 2.24) is 19.4 Å². The SMILES string of the molecule is CC(c1nc2ccccc2c(=O)n1C)N1CCN(C(=O)Nc2ccccc2)CC1. The van der Waals surface area contributed by atoms with Crippen LogP contribution in [0.2, 0.25) is 0 Å². The Bertz CT molecular complexity index is 1070. The van der Waals surface area contributed by atoms with Gasteiger partial charge in [0.15, 0.2) is 0 Å². The first-order valence-corrected chi connectivity index (χ1v) is 9.85. The summed E-state index contributed by atoms with van der Waals surface area (Å²) in [5.41, 5.74) is 1.49. The van der Waals surface area contributed by atoms with Gasteiger partial charge in [-0.1, -0.05) is 30.3 Å². The maximum absolute atomic E-state index is 12.7. The molecule has 0 saturated carbocycles. The van der Waals surface area contributed by atoms with Crippen LogP contribution < -0.4 is 10.9 Å². The third-order valence-corrected chi connectivity index (χ3v) is 5.57. The number of benzene rings is 2. The van der Waals surface area contributed by atoms with E-state index < -0.39 is 0 Å². The Hall–Kier alpha value is -3.19. The quantitative estimate of drug-likeness (QED) is 0.745. The summed E-state index contributed by atoms with van der Waals surface area (Å²) in [7, 11) is 1.77. The van der Waals surface area contributed by atoms with Crippen LogP contribution in [0.4, 0.5) is 10.5 Å². The molecule has 1 fully saturated rings. The van der Waals surface area contributed by atoms with Crippen LogP contribution in [-0.2, 0) is 7.05 Å². The fourth-order valence-corrected chi connectivity index (χ4v) is 3.81. The number of urea groups is 1. The minimum Gasteiger partial charge on any atom is -0.322 e. The van der Waals surface area contributed by atoms with Crippen LogP contribution in [0.15, 0.2) is 59.4 Å². The summed E-state index contributed by atoms with van der Waals surface area (Å²) in [5.74, 6) is 0.746. The van der Waals surface area contributed by atoms with E-state index in [1.165, 1.54) is 0 Å². The van der Waals surface area contributed by atoms with Crippen molar-refractivity contribution in [3.05, 3.63) is 70.8 Å². The molecular weight excluding hydrogens is 366 g/mol. The second kappa shape index (κ2) is 8.05. The summed E-state index contributed by atoms with van der Waals surface area (Å²) in [4.78, 5) is 34.0. The molecule has 1 aromatic heterocycles. The zero-order chi connectivity index (χ0) is 20.4. The van der Waals surface area contributed by atoms with Gasteiger partial charge in [-0.2, -0.15) is 0 Å². The third kappa shape index (κ3) is 3.86. The number of piperazine rings is 1. The maximum atomic E-state index is 12.7. The zero-order valence-corrected chi connectivity index (χ0v) is 16.7. The molecule has 1 atom stereocenters. The van der Waals surface area contributed by atoms with Crippen LogP contribution in [0.1, 0.15) is 18.8 Å². The first-order chi connectivity index (χ1) is 14.0. The molecule has 29 heavy (non-hydrogen) atoms. The summed E-state index contributed by atoms with van der Waals surface area (Å²) in [5, 5.41) is 3.57. The number of carbonyl (C=O) groups excluding carboxylic acids is 1. The number of hydrogen-bond acceptors (Lipinski definition) is 4. The molecule has 2 heterocycles. The molecule has 1 aliphatic rings. The lowest BCUT2D eigenvalue weighted by Crippen LogP contribution is -2.51. The van der Waals surface area contributed by atoms with Crippen molar-refractivity contribution in [3.63, 3.8) is 0 Å². The van der Waals surface area contributed by atoms with E-state index in [2.05, 4.69) is 17.1 Å². The van der Waals surface area contributed by atoms with E-state index in [0.717, 1.165) is 30.1 Å². The van der Waals surface area contributed by atoms with Crippen molar-refractivity contribution in [3.8, 4) is 0 Å². The van der Waals surface area contributed by atoms with E-state index in [0.29, 0.717) is 18.5 Å². The third-order valence-electron chi connectivity index (χ3n) is 5.57. The van der Waals surface area contributed by atoms with Crippen molar-refractivity contribution in [2.24, 2.45) is 7.05 Å².